The van der Waals surface area contributed by atoms with Crippen LogP contribution in [0.25, 0.3) is 0 Å². The molecular formula is C19H25NO5. The Bertz CT molecular complexity index is 620. The molecule has 0 N–H and O–H groups in total. The van der Waals surface area contributed by atoms with E-state index in [1.54, 1.807) is 6.08 Å². The first kappa shape index (κ1) is 19.0. The lowest BCUT2D eigenvalue weighted by Crippen LogP contribution is -2.38. The maximum absolute atomic E-state index is 12.5. The summed E-state index contributed by atoms with van der Waals surface area (Å²) in [7, 11) is 1.32. The molecule has 2 atom stereocenters. The van der Waals surface area contributed by atoms with Gasteiger partial charge >= 0.3 is 12.1 Å². The van der Waals surface area contributed by atoms with Crippen LogP contribution < -0.4 is 0 Å². The molecule has 1 fully saturated rings. The van der Waals surface area contributed by atoms with Crippen LogP contribution in [0, 0.1) is 0 Å². The van der Waals surface area contributed by atoms with Gasteiger partial charge in [0.1, 0.15) is 11.7 Å². The van der Waals surface area contributed by atoms with Crippen molar-refractivity contribution >= 4 is 12.1 Å². The van der Waals surface area contributed by atoms with Crippen LogP contribution in [0.5, 0.6) is 0 Å². The third-order valence-electron chi connectivity index (χ3n) is 3.67. The molecule has 1 aliphatic rings. The van der Waals surface area contributed by atoms with Crippen molar-refractivity contribution in [2.45, 2.75) is 51.4 Å². The second-order valence-corrected chi connectivity index (χ2v) is 6.86. The Morgan fingerprint density at radius 3 is 2.56 bits per heavy atom. The number of esters is 1. The minimum absolute atomic E-state index is 0.221. The van der Waals surface area contributed by atoms with Crippen molar-refractivity contribution in [2.24, 2.45) is 0 Å². The fraction of sp³-hybridized carbons (Fsp3) is 0.474. The zero-order chi connectivity index (χ0) is 18.4. The number of benzene rings is 1. The van der Waals surface area contributed by atoms with E-state index in [1.807, 2.05) is 51.1 Å². The number of carbonyl (C=O) groups is 2. The average molecular weight is 347 g/mol. The zero-order valence-corrected chi connectivity index (χ0v) is 15.1. The molecule has 0 aromatic heterocycles. The molecular weight excluding hydrogens is 322 g/mol. The number of amides is 1. The number of hydrogen-bond acceptors (Lipinski definition) is 5. The largest absolute Gasteiger partial charge is 0.466 e. The van der Waals surface area contributed by atoms with Crippen molar-refractivity contribution < 1.29 is 23.9 Å². The minimum atomic E-state index is -0.613. The summed E-state index contributed by atoms with van der Waals surface area (Å²) in [6.45, 7) is 5.42. The number of hydroxylamine groups is 2. The van der Waals surface area contributed by atoms with E-state index in [9.17, 15) is 9.59 Å². The van der Waals surface area contributed by atoms with E-state index in [0.29, 0.717) is 12.8 Å². The van der Waals surface area contributed by atoms with Crippen LogP contribution in [0.4, 0.5) is 4.79 Å². The van der Waals surface area contributed by atoms with Gasteiger partial charge in [-0.15, -0.1) is 0 Å². The van der Waals surface area contributed by atoms with E-state index >= 15 is 0 Å². The van der Waals surface area contributed by atoms with Gasteiger partial charge in [-0.2, -0.15) is 5.06 Å². The normalized spacial score (nSPS) is 20.7. The molecule has 0 spiro atoms. The first-order valence-electron chi connectivity index (χ1n) is 8.28. The lowest BCUT2D eigenvalue weighted by atomic mass is 10.0. The van der Waals surface area contributed by atoms with E-state index in [1.165, 1.54) is 18.2 Å². The standard InChI is InChI=1S/C19H25NO5/c1-19(2,3)24-18(22)20-15(11-8-12-17(21)23-4)13-16(25-20)14-9-6-5-7-10-14/h5-10,12,15-16H,11,13H2,1-4H3/b12-8-/t15-,16-/m1/s1. The molecule has 6 nitrogen and oxygen atoms in total. The Balaban J connectivity index is 2.12. The second-order valence-electron chi connectivity index (χ2n) is 6.86. The first-order chi connectivity index (χ1) is 11.8. The maximum atomic E-state index is 12.5. The molecule has 6 heteroatoms. The topological polar surface area (TPSA) is 65.1 Å². The zero-order valence-electron chi connectivity index (χ0n) is 15.1. The Hall–Kier alpha value is -2.34. The van der Waals surface area contributed by atoms with Gasteiger partial charge in [0, 0.05) is 12.5 Å². The number of methoxy groups -OCH3 is 1. The molecule has 0 saturated carbocycles. The van der Waals surface area contributed by atoms with Crippen LogP contribution in [0.15, 0.2) is 42.5 Å². The highest BCUT2D eigenvalue weighted by Crippen LogP contribution is 2.35. The Kier molecular flexibility index (Phi) is 6.20. The molecule has 1 aromatic rings. The van der Waals surface area contributed by atoms with Crippen molar-refractivity contribution in [1.82, 2.24) is 5.06 Å². The predicted molar refractivity (Wildman–Crippen MR) is 92.5 cm³/mol. The van der Waals surface area contributed by atoms with Gasteiger partial charge < -0.3 is 9.47 Å². The van der Waals surface area contributed by atoms with Gasteiger partial charge in [0.15, 0.2) is 0 Å². The summed E-state index contributed by atoms with van der Waals surface area (Å²) >= 11 is 0. The smallest absolute Gasteiger partial charge is 0.434 e. The third kappa shape index (κ3) is 5.60. The van der Waals surface area contributed by atoms with Crippen LogP contribution in [0.3, 0.4) is 0 Å². The Morgan fingerprint density at radius 2 is 1.96 bits per heavy atom. The summed E-state index contributed by atoms with van der Waals surface area (Å²) in [4.78, 5) is 29.6. The quantitative estimate of drug-likeness (QED) is 0.612. The highest BCUT2D eigenvalue weighted by atomic mass is 16.7. The number of rotatable bonds is 4. The van der Waals surface area contributed by atoms with E-state index in [-0.39, 0.29) is 12.1 Å². The van der Waals surface area contributed by atoms with Gasteiger partial charge in [-0.25, -0.2) is 9.59 Å². The third-order valence-corrected chi connectivity index (χ3v) is 3.67. The summed E-state index contributed by atoms with van der Waals surface area (Å²) in [5.74, 6) is -0.428. The number of hydrogen-bond donors (Lipinski definition) is 0. The van der Waals surface area contributed by atoms with Gasteiger partial charge in [0.2, 0.25) is 0 Å². The van der Waals surface area contributed by atoms with Crippen molar-refractivity contribution in [2.75, 3.05) is 7.11 Å². The van der Waals surface area contributed by atoms with Crippen molar-refractivity contribution in [3.63, 3.8) is 0 Å². The molecule has 2 rings (SSSR count). The number of nitrogens with zero attached hydrogens (tertiary/aromatic N) is 1. The molecule has 1 amide bonds. The van der Waals surface area contributed by atoms with Crippen LogP contribution in [0.1, 0.15) is 45.3 Å². The lowest BCUT2D eigenvalue weighted by molar-refractivity contribution is -0.151. The van der Waals surface area contributed by atoms with E-state index in [2.05, 4.69) is 4.74 Å². The predicted octanol–water partition coefficient (Wildman–Crippen LogP) is 3.79. The summed E-state index contributed by atoms with van der Waals surface area (Å²) in [6.07, 6.45) is 3.37. The lowest BCUT2D eigenvalue weighted by Gasteiger charge is -2.26. The molecule has 1 aliphatic heterocycles. The Morgan fingerprint density at radius 1 is 1.28 bits per heavy atom. The van der Waals surface area contributed by atoms with Gasteiger partial charge in [-0.05, 0) is 32.8 Å². The average Bonchev–Trinajstić information content (AvgIpc) is 2.98. The van der Waals surface area contributed by atoms with Gasteiger partial charge in [-0.1, -0.05) is 36.4 Å². The molecule has 136 valence electrons. The fourth-order valence-corrected chi connectivity index (χ4v) is 2.55. The number of carbonyl (C=O) groups excluding carboxylic acids is 2. The summed E-state index contributed by atoms with van der Waals surface area (Å²) in [5, 5.41) is 1.28. The van der Waals surface area contributed by atoms with E-state index < -0.39 is 17.7 Å². The van der Waals surface area contributed by atoms with Gasteiger partial charge in [0.05, 0.1) is 13.2 Å². The second kappa shape index (κ2) is 8.16. The molecule has 1 heterocycles. The summed E-state index contributed by atoms with van der Waals surface area (Å²) < 4.78 is 10.0. The van der Waals surface area contributed by atoms with Crippen LogP contribution >= 0.6 is 0 Å². The first-order valence-corrected chi connectivity index (χ1v) is 8.28. The molecule has 1 saturated heterocycles. The van der Waals surface area contributed by atoms with Crippen molar-refractivity contribution in [3.05, 3.63) is 48.0 Å². The number of ether oxygens (including phenoxy) is 2. The summed E-state index contributed by atoms with van der Waals surface area (Å²) in [5.41, 5.74) is 0.382. The van der Waals surface area contributed by atoms with Crippen molar-refractivity contribution in [1.29, 1.82) is 0 Å². The van der Waals surface area contributed by atoms with Crippen LogP contribution in [-0.2, 0) is 19.1 Å². The fourth-order valence-electron chi connectivity index (χ4n) is 2.55. The van der Waals surface area contributed by atoms with Gasteiger partial charge in [0.25, 0.3) is 0 Å². The molecule has 1 aromatic carbocycles. The van der Waals surface area contributed by atoms with Gasteiger partial charge in [-0.3, -0.25) is 4.84 Å². The maximum Gasteiger partial charge on any atom is 0.434 e. The van der Waals surface area contributed by atoms with Crippen LogP contribution in [0.2, 0.25) is 0 Å². The molecule has 0 radical (unpaired) electrons. The van der Waals surface area contributed by atoms with E-state index in [0.717, 1.165) is 5.56 Å². The highest BCUT2D eigenvalue weighted by molar-refractivity contribution is 5.81. The minimum Gasteiger partial charge on any atom is -0.466 e. The SMILES string of the molecule is COC(=O)/C=C\C[C@@H]1C[C@H](c2ccccc2)ON1C(=O)OC(C)(C)C. The molecule has 0 bridgehead atoms. The highest BCUT2D eigenvalue weighted by Gasteiger charge is 2.39. The molecule has 0 unspecified atom stereocenters. The molecule has 25 heavy (non-hydrogen) atoms. The Labute approximate surface area is 148 Å². The summed E-state index contributed by atoms with van der Waals surface area (Å²) in [6, 6.07) is 9.50. The van der Waals surface area contributed by atoms with Crippen LogP contribution in [-0.4, -0.2) is 35.9 Å². The van der Waals surface area contributed by atoms with E-state index in [4.69, 9.17) is 9.57 Å². The molecule has 0 aliphatic carbocycles. The monoisotopic (exact) mass is 347 g/mol. The van der Waals surface area contributed by atoms with Crippen molar-refractivity contribution in [3.8, 4) is 0 Å².